The van der Waals surface area contributed by atoms with Crippen molar-refractivity contribution in [3.8, 4) is 0 Å². The summed E-state index contributed by atoms with van der Waals surface area (Å²) in [4.78, 5) is 14.8. The van der Waals surface area contributed by atoms with Crippen molar-refractivity contribution in [3.05, 3.63) is 53.1 Å². The fourth-order valence-corrected chi connectivity index (χ4v) is 5.33. The van der Waals surface area contributed by atoms with Gasteiger partial charge in [-0.15, -0.1) is 0 Å². The summed E-state index contributed by atoms with van der Waals surface area (Å²) in [5.41, 5.74) is 3.99. The Balaban J connectivity index is 1.71. The fourth-order valence-electron chi connectivity index (χ4n) is 4.14. The highest BCUT2D eigenvalue weighted by Gasteiger charge is 2.43. The number of hydrogen-bond acceptors (Lipinski definition) is 3. The van der Waals surface area contributed by atoms with E-state index >= 15 is 0 Å². The predicted molar refractivity (Wildman–Crippen MR) is 116 cm³/mol. The van der Waals surface area contributed by atoms with Crippen LogP contribution in [0.5, 0.6) is 0 Å². The molecule has 0 saturated heterocycles. The van der Waals surface area contributed by atoms with Gasteiger partial charge in [0.25, 0.3) is 10.0 Å². The molecule has 1 aliphatic heterocycles. The first kappa shape index (κ1) is 20.0. The van der Waals surface area contributed by atoms with E-state index in [9.17, 15) is 13.2 Å². The zero-order valence-corrected chi connectivity index (χ0v) is 18.3. The second kappa shape index (κ2) is 6.87. The highest BCUT2D eigenvalue weighted by atomic mass is 32.2. The molecular weight excluding hydrogens is 384 g/mol. The highest BCUT2D eigenvalue weighted by Crippen LogP contribution is 2.44. The summed E-state index contributed by atoms with van der Waals surface area (Å²) in [5.74, 6) is 0.299. The summed E-state index contributed by atoms with van der Waals surface area (Å²) in [6, 6.07) is 10.9. The lowest BCUT2D eigenvalue weighted by molar-refractivity contribution is -0.119. The summed E-state index contributed by atoms with van der Waals surface area (Å²) in [6.07, 6.45) is 2.66. The molecule has 4 rings (SSSR count). The van der Waals surface area contributed by atoms with Crippen molar-refractivity contribution < 1.29 is 13.2 Å². The van der Waals surface area contributed by atoms with Gasteiger partial charge in [-0.2, -0.15) is 0 Å². The lowest BCUT2D eigenvalue weighted by Gasteiger charge is -2.20. The first-order valence-electron chi connectivity index (χ1n) is 10.2. The summed E-state index contributed by atoms with van der Waals surface area (Å²) in [6.45, 7) is 8.63. The zero-order valence-electron chi connectivity index (χ0n) is 17.5. The van der Waals surface area contributed by atoms with Crippen LogP contribution >= 0.6 is 0 Å². The lowest BCUT2D eigenvalue weighted by Crippen LogP contribution is -2.34. The maximum Gasteiger partial charge on any atom is 0.261 e. The molecule has 0 atom stereocenters. The van der Waals surface area contributed by atoms with Crippen LogP contribution in [0.4, 0.5) is 11.4 Å². The van der Waals surface area contributed by atoms with Gasteiger partial charge < -0.3 is 4.90 Å². The number of sulfonamides is 1. The number of hydrogen-bond donors (Lipinski definition) is 1. The molecule has 1 heterocycles. The Morgan fingerprint density at radius 1 is 1.21 bits per heavy atom. The van der Waals surface area contributed by atoms with Gasteiger partial charge in [0.2, 0.25) is 5.91 Å². The van der Waals surface area contributed by atoms with E-state index in [-0.39, 0.29) is 22.1 Å². The van der Waals surface area contributed by atoms with E-state index in [1.165, 1.54) is 0 Å². The van der Waals surface area contributed by atoms with Crippen LogP contribution in [0.2, 0.25) is 0 Å². The van der Waals surface area contributed by atoms with Crippen LogP contribution in [0.3, 0.4) is 0 Å². The van der Waals surface area contributed by atoms with Gasteiger partial charge in [-0.3, -0.25) is 9.52 Å². The predicted octanol–water partition coefficient (Wildman–Crippen LogP) is 4.39. The first-order valence-corrected chi connectivity index (χ1v) is 11.7. The SMILES string of the molecule is CCc1cccc(C)c1NS(=O)(=O)c1ccc2c(c1)C(C)(C)CN2C(=O)C1CC1. The van der Waals surface area contributed by atoms with E-state index in [1.54, 1.807) is 18.2 Å². The third-order valence-electron chi connectivity index (χ3n) is 6.02. The number of anilines is 2. The molecule has 2 aromatic rings. The average Bonchev–Trinajstić information content (AvgIpc) is 3.48. The van der Waals surface area contributed by atoms with Crippen molar-refractivity contribution in [1.82, 2.24) is 0 Å². The Hall–Kier alpha value is -2.34. The number of aryl methyl sites for hydroxylation is 2. The van der Waals surface area contributed by atoms with Crippen LogP contribution in [0.25, 0.3) is 0 Å². The maximum absolute atomic E-state index is 13.2. The molecule has 0 bridgehead atoms. The van der Waals surface area contributed by atoms with Gasteiger partial charge in [0, 0.05) is 23.6 Å². The van der Waals surface area contributed by atoms with Gasteiger partial charge >= 0.3 is 0 Å². The fraction of sp³-hybridized carbons (Fsp3) is 0.435. The van der Waals surface area contributed by atoms with E-state index in [2.05, 4.69) is 18.6 Å². The summed E-state index contributed by atoms with van der Waals surface area (Å²) in [5, 5.41) is 0. The number of nitrogens with zero attached hydrogens (tertiary/aromatic N) is 1. The van der Waals surface area contributed by atoms with Crippen LogP contribution in [0.15, 0.2) is 41.3 Å². The van der Waals surface area contributed by atoms with Crippen LogP contribution in [0, 0.1) is 12.8 Å². The Morgan fingerprint density at radius 3 is 2.59 bits per heavy atom. The van der Waals surface area contributed by atoms with Gasteiger partial charge in [-0.05, 0) is 61.1 Å². The van der Waals surface area contributed by atoms with Gasteiger partial charge in [0.05, 0.1) is 10.6 Å². The smallest absolute Gasteiger partial charge is 0.261 e. The van der Waals surface area contributed by atoms with Gasteiger partial charge in [0.1, 0.15) is 0 Å². The third-order valence-corrected chi connectivity index (χ3v) is 7.37. The number of rotatable bonds is 5. The topological polar surface area (TPSA) is 66.5 Å². The largest absolute Gasteiger partial charge is 0.311 e. The minimum Gasteiger partial charge on any atom is -0.311 e. The summed E-state index contributed by atoms with van der Waals surface area (Å²) < 4.78 is 29.1. The van der Waals surface area contributed by atoms with Crippen LogP contribution in [-0.2, 0) is 26.7 Å². The summed E-state index contributed by atoms with van der Waals surface area (Å²) >= 11 is 0. The van der Waals surface area contributed by atoms with E-state index in [0.717, 1.165) is 41.6 Å². The second-order valence-corrected chi connectivity index (χ2v) is 10.5. The van der Waals surface area contributed by atoms with Crippen molar-refractivity contribution in [2.24, 2.45) is 5.92 Å². The number of carbonyl (C=O) groups is 1. The van der Waals surface area contributed by atoms with Crippen molar-refractivity contribution in [3.63, 3.8) is 0 Å². The molecule has 2 aliphatic rings. The minimum absolute atomic E-state index is 0.135. The van der Waals surface area contributed by atoms with E-state index in [1.807, 2.05) is 36.9 Å². The molecule has 0 aromatic heterocycles. The van der Waals surface area contributed by atoms with Crippen molar-refractivity contribution in [1.29, 1.82) is 0 Å². The van der Waals surface area contributed by atoms with E-state index in [0.29, 0.717) is 12.2 Å². The molecule has 1 amide bonds. The molecule has 29 heavy (non-hydrogen) atoms. The molecule has 0 unspecified atom stereocenters. The molecule has 0 radical (unpaired) electrons. The molecule has 1 N–H and O–H groups in total. The molecule has 0 spiro atoms. The number of benzene rings is 2. The zero-order chi connectivity index (χ0) is 21.0. The van der Waals surface area contributed by atoms with Crippen molar-refractivity contribution in [2.75, 3.05) is 16.2 Å². The Bertz CT molecular complexity index is 1090. The summed E-state index contributed by atoms with van der Waals surface area (Å²) in [7, 11) is -3.74. The van der Waals surface area contributed by atoms with E-state index < -0.39 is 10.0 Å². The van der Waals surface area contributed by atoms with Crippen LogP contribution in [-0.4, -0.2) is 20.9 Å². The molecule has 2 aromatic carbocycles. The molecule has 6 heteroatoms. The lowest BCUT2D eigenvalue weighted by atomic mass is 9.87. The minimum atomic E-state index is -3.74. The normalized spacial score (nSPS) is 17.9. The Morgan fingerprint density at radius 2 is 1.93 bits per heavy atom. The third kappa shape index (κ3) is 3.54. The second-order valence-electron chi connectivity index (χ2n) is 8.83. The van der Waals surface area contributed by atoms with Gasteiger partial charge in [0.15, 0.2) is 0 Å². The number of fused-ring (bicyclic) bond motifs is 1. The molecule has 1 aliphatic carbocycles. The molecule has 154 valence electrons. The molecular formula is C23H28N2O3S. The quantitative estimate of drug-likeness (QED) is 0.792. The standard InChI is InChI=1S/C23H28N2O3S/c1-5-16-8-6-7-15(2)21(16)24-29(27,28)18-11-12-20-19(13-18)23(3,4)14-25(20)22(26)17-9-10-17/h6-8,11-13,17,24H,5,9-10,14H2,1-4H3. The number of para-hydroxylation sites is 1. The van der Waals surface area contributed by atoms with Crippen LogP contribution in [0.1, 0.15) is 50.3 Å². The first-order chi connectivity index (χ1) is 13.6. The Kier molecular flexibility index (Phi) is 4.73. The van der Waals surface area contributed by atoms with Crippen LogP contribution < -0.4 is 9.62 Å². The molecule has 5 nitrogen and oxygen atoms in total. The Labute approximate surface area is 173 Å². The number of nitrogens with one attached hydrogen (secondary N) is 1. The van der Waals surface area contributed by atoms with Crippen molar-refractivity contribution >= 4 is 27.3 Å². The number of carbonyl (C=O) groups excluding carboxylic acids is 1. The number of amides is 1. The van der Waals surface area contributed by atoms with Crippen molar-refractivity contribution in [2.45, 2.75) is 57.3 Å². The highest BCUT2D eigenvalue weighted by molar-refractivity contribution is 7.92. The maximum atomic E-state index is 13.2. The molecule has 1 saturated carbocycles. The van der Waals surface area contributed by atoms with E-state index in [4.69, 9.17) is 0 Å². The van der Waals surface area contributed by atoms with Gasteiger partial charge in [-0.1, -0.05) is 39.0 Å². The molecule has 1 fully saturated rings. The average molecular weight is 413 g/mol. The van der Waals surface area contributed by atoms with Gasteiger partial charge in [-0.25, -0.2) is 8.42 Å². The monoisotopic (exact) mass is 412 g/mol.